The van der Waals surface area contributed by atoms with Gasteiger partial charge in [0.05, 0.1) is 0 Å². The van der Waals surface area contributed by atoms with Gasteiger partial charge in [-0.05, 0) is 12.3 Å². The zero-order valence-corrected chi connectivity index (χ0v) is 12.0. The van der Waals surface area contributed by atoms with Crippen LogP contribution in [0.15, 0.2) is 0 Å². The summed E-state index contributed by atoms with van der Waals surface area (Å²) in [6.07, 6.45) is 17.3. The number of unbranched alkanes of at least 4 members (excludes halogenated alkanes) is 6. The van der Waals surface area contributed by atoms with Crippen LogP contribution in [0.2, 0.25) is 0 Å². The predicted octanol–water partition coefficient (Wildman–Crippen LogP) is 5.43. The molecule has 0 aromatic carbocycles. The molecule has 0 spiro atoms. The summed E-state index contributed by atoms with van der Waals surface area (Å²) in [5.74, 6) is 0.775. The minimum atomic E-state index is 0.640. The van der Waals surface area contributed by atoms with Crippen molar-refractivity contribution in [2.75, 3.05) is 0 Å². The van der Waals surface area contributed by atoms with Crippen LogP contribution in [0.5, 0.6) is 0 Å². The molecule has 0 saturated carbocycles. The van der Waals surface area contributed by atoms with E-state index >= 15 is 0 Å². The van der Waals surface area contributed by atoms with Crippen molar-refractivity contribution in [3.63, 3.8) is 0 Å². The molecule has 0 heterocycles. The van der Waals surface area contributed by atoms with Crippen LogP contribution in [0, 0.1) is 5.92 Å². The van der Waals surface area contributed by atoms with E-state index in [1.54, 1.807) is 0 Å². The Kier molecular flexibility index (Phi) is 13.5. The molecule has 0 amide bonds. The summed E-state index contributed by atoms with van der Waals surface area (Å²) in [5.41, 5.74) is 0. The van der Waals surface area contributed by atoms with Crippen molar-refractivity contribution in [1.29, 1.82) is 0 Å². The van der Waals surface area contributed by atoms with Gasteiger partial charge in [-0.3, -0.25) is 4.79 Å². The zero-order valence-electron chi connectivity index (χ0n) is 12.0. The quantitative estimate of drug-likeness (QED) is 0.391. The van der Waals surface area contributed by atoms with Crippen molar-refractivity contribution in [3.05, 3.63) is 0 Å². The van der Waals surface area contributed by atoms with Gasteiger partial charge < -0.3 is 0 Å². The van der Waals surface area contributed by atoms with E-state index < -0.39 is 0 Å². The van der Waals surface area contributed by atoms with E-state index in [-0.39, 0.29) is 0 Å². The van der Waals surface area contributed by atoms with Crippen LogP contribution in [-0.2, 0) is 4.79 Å². The molecule has 1 atom stereocenters. The third kappa shape index (κ3) is 11.9. The second-order valence-corrected chi connectivity index (χ2v) is 5.25. The average molecular weight is 239 g/mol. The van der Waals surface area contributed by atoms with Gasteiger partial charge in [0.15, 0.2) is 6.29 Å². The molecule has 101 valence electrons. The molecule has 1 unspecified atom stereocenters. The number of rotatable bonds is 13. The van der Waals surface area contributed by atoms with Crippen LogP contribution >= 0.6 is 0 Å². The van der Waals surface area contributed by atoms with Gasteiger partial charge in [-0.15, -0.1) is 0 Å². The standard InChI is InChI=1S/C16H31O/c1-3-5-6-7-8-9-10-13-16(12-4-2)14-11-15-17/h16H,3-14H2,1-2H3. The van der Waals surface area contributed by atoms with E-state index in [1.165, 1.54) is 64.2 Å². The molecule has 1 radical (unpaired) electrons. The lowest BCUT2D eigenvalue weighted by Gasteiger charge is -2.14. The van der Waals surface area contributed by atoms with E-state index in [1.807, 2.05) is 6.29 Å². The number of hydrogen-bond donors (Lipinski definition) is 0. The average Bonchev–Trinajstić information content (AvgIpc) is 2.34. The lowest BCUT2D eigenvalue weighted by molar-refractivity contribution is 0.396. The first kappa shape index (κ1) is 16.7. The fourth-order valence-electron chi connectivity index (χ4n) is 2.49. The van der Waals surface area contributed by atoms with E-state index in [0.29, 0.717) is 6.42 Å². The van der Waals surface area contributed by atoms with Crippen LogP contribution in [0.3, 0.4) is 0 Å². The van der Waals surface area contributed by atoms with Gasteiger partial charge in [-0.1, -0.05) is 78.1 Å². The Morgan fingerprint density at radius 3 is 2.00 bits per heavy atom. The molecule has 17 heavy (non-hydrogen) atoms. The molecule has 1 nitrogen and oxygen atoms in total. The lowest BCUT2D eigenvalue weighted by Crippen LogP contribution is -2.00. The van der Waals surface area contributed by atoms with Crippen molar-refractivity contribution in [1.82, 2.24) is 0 Å². The van der Waals surface area contributed by atoms with Gasteiger partial charge in [0, 0.05) is 6.42 Å². The molecule has 1 heteroatoms. The Morgan fingerprint density at radius 1 is 0.765 bits per heavy atom. The van der Waals surface area contributed by atoms with Crippen LogP contribution in [0.25, 0.3) is 0 Å². The smallest absolute Gasteiger partial charge is 0.198 e. The Morgan fingerprint density at radius 2 is 1.41 bits per heavy atom. The van der Waals surface area contributed by atoms with Crippen molar-refractivity contribution in [3.8, 4) is 0 Å². The van der Waals surface area contributed by atoms with Crippen molar-refractivity contribution in [2.24, 2.45) is 5.92 Å². The van der Waals surface area contributed by atoms with Gasteiger partial charge >= 0.3 is 0 Å². The van der Waals surface area contributed by atoms with Crippen LogP contribution in [0.1, 0.15) is 90.9 Å². The van der Waals surface area contributed by atoms with E-state index in [2.05, 4.69) is 13.8 Å². The minimum Gasteiger partial charge on any atom is -0.291 e. The van der Waals surface area contributed by atoms with Gasteiger partial charge in [0.1, 0.15) is 0 Å². The molecule has 0 aliphatic rings. The van der Waals surface area contributed by atoms with Crippen molar-refractivity contribution < 1.29 is 4.79 Å². The van der Waals surface area contributed by atoms with E-state index in [0.717, 1.165) is 12.3 Å². The maximum absolute atomic E-state index is 10.3. The maximum Gasteiger partial charge on any atom is 0.198 e. The topological polar surface area (TPSA) is 17.1 Å². The molecular formula is C16H31O. The Balaban J connectivity index is 3.36. The Hall–Kier alpha value is -0.330. The highest BCUT2D eigenvalue weighted by molar-refractivity contribution is 5.50. The molecular weight excluding hydrogens is 208 g/mol. The fourth-order valence-corrected chi connectivity index (χ4v) is 2.49. The second-order valence-electron chi connectivity index (χ2n) is 5.25. The highest BCUT2D eigenvalue weighted by Gasteiger charge is 2.07. The molecule has 0 fully saturated rings. The summed E-state index contributed by atoms with van der Waals surface area (Å²) in [4.78, 5) is 10.3. The summed E-state index contributed by atoms with van der Waals surface area (Å²) in [5, 5.41) is 0. The second kappa shape index (κ2) is 13.7. The first-order valence-electron chi connectivity index (χ1n) is 7.70. The van der Waals surface area contributed by atoms with Crippen LogP contribution in [0.4, 0.5) is 0 Å². The highest BCUT2D eigenvalue weighted by Crippen LogP contribution is 2.21. The molecule has 0 bridgehead atoms. The van der Waals surface area contributed by atoms with E-state index in [4.69, 9.17) is 0 Å². The number of hydrogen-bond acceptors (Lipinski definition) is 1. The fraction of sp³-hybridized carbons (Fsp3) is 0.938. The van der Waals surface area contributed by atoms with Crippen molar-refractivity contribution >= 4 is 6.29 Å². The SMILES string of the molecule is CCCCCCCCCC(CCC)CC[C]=O. The maximum atomic E-state index is 10.3. The molecule has 0 aromatic rings. The van der Waals surface area contributed by atoms with Gasteiger partial charge in [0.2, 0.25) is 0 Å². The van der Waals surface area contributed by atoms with Gasteiger partial charge in [-0.25, -0.2) is 0 Å². The molecule has 0 N–H and O–H groups in total. The van der Waals surface area contributed by atoms with Gasteiger partial charge in [0.25, 0.3) is 0 Å². The predicted molar refractivity (Wildman–Crippen MR) is 75.9 cm³/mol. The first-order valence-corrected chi connectivity index (χ1v) is 7.70. The number of carbonyl (C=O) groups excluding carboxylic acids is 1. The Bertz CT molecular complexity index is 154. The minimum absolute atomic E-state index is 0.640. The van der Waals surface area contributed by atoms with Crippen molar-refractivity contribution in [2.45, 2.75) is 90.9 Å². The van der Waals surface area contributed by atoms with Crippen LogP contribution in [-0.4, -0.2) is 6.29 Å². The summed E-state index contributed by atoms with van der Waals surface area (Å²) < 4.78 is 0. The molecule has 0 saturated heterocycles. The van der Waals surface area contributed by atoms with Crippen LogP contribution < -0.4 is 0 Å². The summed E-state index contributed by atoms with van der Waals surface area (Å²) in [6, 6.07) is 0. The molecule has 0 aliphatic heterocycles. The van der Waals surface area contributed by atoms with Gasteiger partial charge in [-0.2, -0.15) is 0 Å². The monoisotopic (exact) mass is 239 g/mol. The Labute approximate surface area is 108 Å². The zero-order chi connectivity index (χ0) is 12.8. The third-order valence-electron chi connectivity index (χ3n) is 3.57. The van der Waals surface area contributed by atoms with E-state index in [9.17, 15) is 4.79 Å². The summed E-state index contributed by atoms with van der Waals surface area (Å²) >= 11 is 0. The first-order chi connectivity index (χ1) is 8.35. The lowest BCUT2D eigenvalue weighted by atomic mass is 9.92. The normalized spacial score (nSPS) is 12.6. The molecule has 0 aliphatic carbocycles. The largest absolute Gasteiger partial charge is 0.291 e. The molecule has 0 aromatic heterocycles. The molecule has 0 rings (SSSR count). The summed E-state index contributed by atoms with van der Waals surface area (Å²) in [6.45, 7) is 4.50. The highest BCUT2D eigenvalue weighted by atomic mass is 16.1. The summed E-state index contributed by atoms with van der Waals surface area (Å²) in [7, 11) is 0. The third-order valence-corrected chi connectivity index (χ3v) is 3.57.